The number of rotatable bonds is 4. The molecule has 0 atom stereocenters. The highest BCUT2D eigenvalue weighted by Gasteiger charge is 2.20. The van der Waals surface area contributed by atoms with Crippen LogP contribution < -0.4 is 11.1 Å². The third-order valence-corrected chi connectivity index (χ3v) is 1.83. The number of nitro groups is 1. The first-order valence-electron chi connectivity index (χ1n) is 4.48. The van der Waals surface area contributed by atoms with Crippen molar-refractivity contribution in [3.05, 3.63) is 39.7 Å². The van der Waals surface area contributed by atoms with E-state index < -0.39 is 22.3 Å². The van der Waals surface area contributed by atoms with Crippen LogP contribution in [-0.2, 0) is 0 Å². The van der Waals surface area contributed by atoms with Gasteiger partial charge in [0, 0.05) is 19.2 Å². The zero-order chi connectivity index (χ0) is 12.1. The highest BCUT2D eigenvalue weighted by Crippen LogP contribution is 2.19. The lowest BCUT2D eigenvalue weighted by molar-refractivity contribution is -0.385. The maximum atomic E-state index is 12.9. The predicted molar refractivity (Wildman–Crippen MR) is 54.4 cm³/mol. The molecule has 1 amide bonds. The summed E-state index contributed by atoms with van der Waals surface area (Å²) in [4.78, 5) is 21.3. The van der Waals surface area contributed by atoms with E-state index in [0.29, 0.717) is 0 Å². The average Bonchev–Trinajstić information content (AvgIpc) is 2.25. The average molecular weight is 227 g/mol. The maximum absolute atomic E-state index is 12.9. The van der Waals surface area contributed by atoms with Gasteiger partial charge >= 0.3 is 0 Å². The van der Waals surface area contributed by atoms with Crippen LogP contribution in [0.4, 0.5) is 10.1 Å². The van der Waals surface area contributed by atoms with Crippen molar-refractivity contribution in [2.45, 2.75) is 0 Å². The number of carbonyl (C=O) groups excluding carboxylic acids is 1. The van der Waals surface area contributed by atoms with Gasteiger partial charge in [0.15, 0.2) is 0 Å². The number of halogens is 1. The molecule has 7 heteroatoms. The molecule has 0 aliphatic heterocycles. The quantitative estimate of drug-likeness (QED) is 0.575. The van der Waals surface area contributed by atoms with E-state index >= 15 is 0 Å². The van der Waals surface area contributed by atoms with Crippen molar-refractivity contribution in [3.63, 3.8) is 0 Å². The number of hydrogen-bond acceptors (Lipinski definition) is 4. The first kappa shape index (κ1) is 12.1. The molecule has 16 heavy (non-hydrogen) atoms. The predicted octanol–water partition coefficient (Wildman–Crippen LogP) is 0.422. The zero-order valence-corrected chi connectivity index (χ0v) is 8.27. The summed E-state index contributed by atoms with van der Waals surface area (Å²) in [7, 11) is 0. The minimum atomic E-state index is -0.739. The molecule has 0 aromatic heterocycles. The summed E-state index contributed by atoms with van der Waals surface area (Å²) in [6, 6.07) is 2.70. The number of nitro benzene ring substituents is 1. The molecule has 0 fully saturated rings. The molecular weight excluding hydrogens is 217 g/mol. The van der Waals surface area contributed by atoms with E-state index in [2.05, 4.69) is 5.32 Å². The van der Waals surface area contributed by atoms with Crippen molar-refractivity contribution in [1.82, 2.24) is 5.32 Å². The smallest absolute Gasteiger partial charge is 0.282 e. The standard InChI is InChI=1S/C9H10FN3O3/c10-6-1-2-8(13(15)16)7(5-6)9(14)12-4-3-11/h1-2,5H,3-4,11H2,(H,12,14). The van der Waals surface area contributed by atoms with Gasteiger partial charge in [0.05, 0.1) is 4.92 Å². The Morgan fingerprint density at radius 1 is 1.56 bits per heavy atom. The highest BCUT2D eigenvalue weighted by molar-refractivity contribution is 5.98. The molecule has 1 aromatic carbocycles. The maximum Gasteiger partial charge on any atom is 0.282 e. The SMILES string of the molecule is NCCNC(=O)c1cc(F)ccc1[N+](=O)[O-]. The Morgan fingerprint density at radius 3 is 2.81 bits per heavy atom. The van der Waals surface area contributed by atoms with Crippen molar-refractivity contribution >= 4 is 11.6 Å². The summed E-state index contributed by atoms with van der Waals surface area (Å²) >= 11 is 0. The lowest BCUT2D eigenvalue weighted by atomic mass is 10.1. The van der Waals surface area contributed by atoms with Gasteiger partial charge in [-0.15, -0.1) is 0 Å². The zero-order valence-electron chi connectivity index (χ0n) is 8.27. The van der Waals surface area contributed by atoms with Crippen LogP contribution in [0, 0.1) is 15.9 Å². The van der Waals surface area contributed by atoms with Crippen LogP contribution in [-0.4, -0.2) is 23.9 Å². The normalized spacial score (nSPS) is 9.88. The molecule has 0 saturated heterocycles. The lowest BCUT2D eigenvalue weighted by Gasteiger charge is -2.04. The second kappa shape index (κ2) is 5.17. The fourth-order valence-electron chi connectivity index (χ4n) is 1.13. The van der Waals surface area contributed by atoms with Gasteiger partial charge < -0.3 is 11.1 Å². The number of nitrogens with zero attached hydrogens (tertiary/aromatic N) is 1. The molecule has 6 nitrogen and oxygen atoms in total. The van der Waals surface area contributed by atoms with Gasteiger partial charge in [-0.25, -0.2) is 4.39 Å². The van der Waals surface area contributed by atoms with E-state index in [1.165, 1.54) is 0 Å². The summed E-state index contributed by atoms with van der Waals surface area (Å²) < 4.78 is 12.9. The monoisotopic (exact) mass is 227 g/mol. The Labute approximate surface area is 90.4 Å². The third kappa shape index (κ3) is 2.74. The summed E-state index contributed by atoms with van der Waals surface area (Å²) in [5.41, 5.74) is 4.42. The van der Waals surface area contributed by atoms with Gasteiger partial charge in [0.2, 0.25) is 0 Å². The molecule has 0 aliphatic carbocycles. The number of hydrogen-bond donors (Lipinski definition) is 2. The number of benzene rings is 1. The topological polar surface area (TPSA) is 98.3 Å². The second-order valence-electron chi connectivity index (χ2n) is 2.96. The van der Waals surface area contributed by atoms with E-state index in [0.717, 1.165) is 18.2 Å². The van der Waals surface area contributed by atoms with Gasteiger partial charge in [0.1, 0.15) is 11.4 Å². The highest BCUT2D eigenvalue weighted by atomic mass is 19.1. The molecule has 1 aromatic rings. The van der Waals surface area contributed by atoms with Crippen molar-refractivity contribution in [3.8, 4) is 0 Å². The number of carbonyl (C=O) groups is 1. The molecular formula is C9H10FN3O3. The molecule has 86 valence electrons. The van der Waals surface area contributed by atoms with Crippen molar-refractivity contribution in [2.24, 2.45) is 5.73 Å². The Hall–Kier alpha value is -2.02. The number of amides is 1. The van der Waals surface area contributed by atoms with E-state index in [4.69, 9.17) is 5.73 Å². The van der Waals surface area contributed by atoms with Crippen molar-refractivity contribution in [1.29, 1.82) is 0 Å². The fourth-order valence-corrected chi connectivity index (χ4v) is 1.13. The van der Waals surface area contributed by atoms with Gasteiger partial charge in [-0.3, -0.25) is 14.9 Å². The molecule has 0 aliphatic rings. The molecule has 1 rings (SSSR count). The molecule has 0 saturated carbocycles. The van der Waals surface area contributed by atoms with Crippen LogP contribution >= 0.6 is 0 Å². The second-order valence-corrected chi connectivity index (χ2v) is 2.96. The van der Waals surface area contributed by atoms with Gasteiger partial charge in [-0.2, -0.15) is 0 Å². The van der Waals surface area contributed by atoms with E-state index in [-0.39, 0.29) is 18.7 Å². The Balaban J connectivity index is 3.04. The summed E-state index contributed by atoms with van der Waals surface area (Å²) in [5.74, 6) is -1.42. The number of nitrogens with one attached hydrogen (secondary N) is 1. The lowest BCUT2D eigenvalue weighted by Crippen LogP contribution is -2.29. The summed E-state index contributed by atoms with van der Waals surface area (Å²) in [5, 5.41) is 12.9. The molecule has 3 N–H and O–H groups in total. The first-order chi connectivity index (χ1) is 7.56. The molecule has 0 heterocycles. The largest absolute Gasteiger partial charge is 0.351 e. The summed E-state index contributed by atoms with van der Waals surface area (Å²) in [6.07, 6.45) is 0. The van der Waals surface area contributed by atoms with Crippen molar-refractivity contribution < 1.29 is 14.1 Å². The van der Waals surface area contributed by atoms with E-state index in [9.17, 15) is 19.3 Å². The molecule has 0 spiro atoms. The van der Waals surface area contributed by atoms with E-state index in [1.54, 1.807) is 0 Å². The van der Waals surface area contributed by atoms with Gasteiger partial charge in [-0.1, -0.05) is 0 Å². The third-order valence-electron chi connectivity index (χ3n) is 1.83. The Bertz CT molecular complexity index is 422. The van der Waals surface area contributed by atoms with Crippen LogP contribution in [0.15, 0.2) is 18.2 Å². The van der Waals surface area contributed by atoms with E-state index in [1.807, 2.05) is 0 Å². The minimum Gasteiger partial charge on any atom is -0.351 e. The van der Waals surface area contributed by atoms with Crippen LogP contribution in [0.25, 0.3) is 0 Å². The minimum absolute atomic E-state index is 0.173. The summed E-state index contributed by atoms with van der Waals surface area (Å²) in [6.45, 7) is 0.376. The van der Waals surface area contributed by atoms with Gasteiger partial charge in [0.25, 0.3) is 11.6 Å². The number of nitrogens with two attached hydrogens (primary N) is 1. The van der Waals surface area contributed by atoms with Crippen LogP contribution in [0.5, 0.6) is 0 Å². The molecule has 0 bridgehead atoms. The molecule has 0 radical (unpaired) electrons. The van der Waals surface area contributed by atoms with Crippen LogP contribution in [0.2, 0.25) is 0 Å². The van der Waals surface area contributed by atoms with Crippen molar-refractivity contribution in [2.75, 3.05) is 13.1 Å². The Kier molecular flexibility index (Phi) is 3.90. The van der Waals surface area contributed by atoms with Crippen LogP contribution in [0.3, 0.4) is 0 Å². The first-order valence-corrected chi connectivity index (χ1v) is 4.48. The van der Waals surface area contributed by atoms with Gasteiger partial charge in [-0.05, 0) is 12.1 Å². The fraction of sp³-hybridized carbons (Fsp3) is 0.222. The molecule has 0 unspecified atom stereocenters. The van der Waals surface area contributed by atoms with Crippen LogP contribution in [0.1, 0.15) is 10.4 Å². The Morgan fingerprint density at radius 2 is 2.25 bits per heavy atom.